The number of hydrogen-bond donors (Lipinski definition) is 0. The van der Waals surface area contributed by atoms with Crippen molar-refractivity contribution in [3.05, 3.63) is 27.2 Å². The van der Waals surface area contributed by atoms with Crippen LogP contribution in [0.2, 0.25) is 0 Å². The number of carbonyl (C=O) groups excluding carboxylic acids is 1. The summed E-state index contributed by atoms with van der Waals surface area (Å²) in [6.07, 6.45) is 3.83. The van der Waals surface area contributed by atoms with Crippen LogP contribution in [0.25, 0.3) is 11.2 Å². The first-order valence-electron chi connectivity index (χ1n) is 9.18. The molecule has 0 spiro atoms. The largest absolute Gasteiger partial charge is 0.342 e. The lowest BCUT2D eigenvalue weighted by atomic mass is 9.91. The van der Waals surface area contributed by atoms with E-state index in [1.54, 1.807) is 17.9 Å². The lowest BCUT2D eigenvalue weighted by Crippen LogP contribution is -2.42. The van der Waals surface area contributed by atoms with E-state index in [1.807, 2.05) is 4.90 Å². The van der Waals surface area contributed by atoms with Gasteiger partial charge in [0.2, 0.25) is 5.91 Å². The second-order valence-corrected chi connectivity index (χ2v) is 7.66. The molecule has 8 nitrogen and oxygen atoms in total. The third-order valence-corrected chi connectivity index (χ3v) is 5.23. The highest BCUT2D eigenvalue weighted by molar-refractivity contribution is 5.76. The minimum absolute atomic E-state index is 0.174. The van der Waals surface area contributed by atoms with Crippen LogP contribution in [0.4, 0.5) is 0 Å². The Bertz CT molecular complexity index is 929. The summed E-state index contributed by atoms with van der Waals surface area (Å²) in [5.41, 5.74) is 0.0345. The van der Waals surface area contributed by atoms with Crippen LogP contribution in [0.1, 0.15) is 33.1 Å². The van der Waals surface area contributed by atoms with Gasteiger partial charge in [0, 0.05) is 40.2 Å². The molecule has 2 atom stereocenters. The van der Waals surface area contributed by atoms with E-state index in [2.05, 4.69) is 18.8 Å². The molecular weight excluding hydrogens is 334 g/mol. The second kappa shape index (κ2) is 7.09. The Balaban J connectivity index is 1.70. The monoisotopic (exact) mass is 361 g/mol. The Morgan fingerprint density at radius 1 is 1.15 bits per heavy atom. The molecule has 2 aromatic rings. The standard InChI is InChI=1S/C18H27N5O3/c1-12-8-13(2)10-23(9-12)14(24)6-5-7-22-11-19-16-15(22)17(25)21(4)18(26)20(16)3/h11-13H,5-10H2,1-4H3. The molecule has 26 heavy (non-hydrogen) atoms. The second-order valence-electron chi connectivity index (χ2n) is 7.66. The van der Waals surface area contributed by atoms with Crippen molar-refractivity contribution in [2.45, 2.75) is 39.7 Å². The number of piperidine rings is 1. The van der Waals surface area contributed by atoms with E-state index >= 15 is 0 Å². The number of carbonyl (C=O) groups is 1. The molecule has 1 aliphatic heterocycles. The number of aryl methyl sites for hydroxylation is 2. The summed E-state index contributed by atoms with van der Waals surface area (Å²) in [4.78, 5) is 43.0. The van der Waals surface area contributed by atoms with E-state index in [9.17, 15) is 14.4 Å². The summed E-state index contributed by atoms with van der Waals surface area (Å²) in [6.45, 7) is 6.57. The van der Waals surface area contributed by atoms with Crippen LogP contribution in [-0.2, 0) is 25.4 Å². The Morgan fingerprint density at radius 3 is 2.46 bits per heavy atom. The fourth-order valence-electron chi connectivity index (χ4n) is 3.99. The third-order valence-electron chi connectivity index (χ3n) is 5.23. The molecule has 3 heterocycles. The number of rotatable bonds is 4. The third kappa shape index (κ3) is 3.32. The topological polar surface area (TPSA) is 82.1 Å². The Labute approximate surface area is 152 Å². The molecule has 0 bridgehead atoms. The van der Waals surface area contributed by atoms with Gasteiger partial charge in [0.1, 0.15) is 0 Å². The number of amides is 1. The highest BCUT2D eigenvalue weighted by Gasteiger charge is 2.25. The highest BCUT2D eigenvalue weighted by Crippen LogP contribution is 2.21. The van der Waals surface area contributed by atoms with E-state index in [0.717, 1.165) is 17.7 Å². The van der Waals surface area contributed by atoms with Gasteiger partial charge in [-0.1, -0.05) is 13.8 Å². The quantitative estimate of drug-likeness (QED) is 0.803. The van der Waals surface area contributed by atoms with E-state index in [0.29, 0.717) is 42.4 Å². The summed E-state index contributed by atoms with van der Waals surface area (Å²) in [7, 11) is 3.06. The number of imidazole rings is 1. The van der Waals surface area contributed by atoms with Crippen molar-refractivity contribution in [3.8, 4) is 0 Å². The SMILES string of the molecule is CC1CC(C)CN(C(=O)CCCn2cnc3c2c(=O)n(C)c(=O)n3C)C1. The molecule has 1 fully saturated rings. The van der Waals surface area contributed by atoms with Crippen molar-refractivity contribution in [3.63, 3.8) is 0 Å². The fourth-order valence-corrected chi connectivity index (χ4v) is 3.99. The molecule has 2 unspecified atom stereocenters. The summed E-state index contributed by atoms with van der Waals surface area (Å²) in [5.74, 6) is 1.27. The Morgan fingerprint density at radius 2 is 1.81 bits per heavy atom. The van der Waals surface area contributed by atoms with Crippen molar-refractivity contribution >= 4 is 17.1 Å². The van der Waals surface area contributed by atoms with Crippen LogP contribution in [0.3, 0.4) is 0 Å². The number of hydrogen-bond acceptors (Lipinski definition) is 4. The first kappa shape index (κ1) is 18.4. The zero-order valence-electron chi connectivity index (χ0n) is 15.9. The van der Waals surface area contributed by atoms with Crippen LogP contribution in [0.5, 0.6) is 0 Å². The average molecular weight is 361 g/mol. The van der Waals surface area contributed by atoms with Gasteiger partial charge >= 0.3 is 5.69 Å². The normalized spacial score (nSPS) is 20.7. The number of fused-ring (bicyclic) bond motifs is 1. The van der Waals surface area contributed by atoms with Crippen LogP contribution >= 0.6 is 0 Å². The van der Waals surface area contributed by atoms with Crippen LogP contribution in [-0.4, -0.2) is 42.6 Å². The van der Waals surface area contributed by atoms with Crippen molar-refractivity contribution in [2.75, 3.05) is 13.1 Å². The Kier molecular flexibility index (Phi) is 5.02. The molecule has 0 N–H and O–H groups in total. The van der Waals surface area contributed by atoms with Gasteiger partial charge in [-0.3, -0.25) is 18.7 Å². The van der Waals surface area contributed by atoms with Crippen molar-refractivity contribution < 1.29 is 4.79 Å². The number of nitrogens with zero attached hydrogens (tertiary/aromatic N) is 5. The summed E-state index contributed by atoms with van der Waals surface area (Å²) >= 11 is 0. The van der Waals surface area contributed by atoms with Gasteiger partial charge in [-0.2, -0.15) is 0 Å². The molecule has 0 saturated carbocycles. The maximum absolute atomic E-state index is 12.5. The van der Waals surface area contributed by atoms with E-state index < -0.39 is 5.69 Å². The lowest BCUT2D eigenvalue weighted by molar-refractivity contribution is -0.134. The maximum atomic E-state index is 12.5. The van der Waals surface area contributed by atoms with E-state index in [1.165, 1.54) is 18.0 Å². The summed E-state index contributed by atoms with van der Waals surface area (Å²) in [6, 6.07) is 0. The molecule has 3 rings (SSSR count). The van der Waals surface area contributed by atoms with Gasteiger partial charge in [0.05, 0.1) is 6.33 Å². The van der Waals surface area contributed by atoms with Gasteiger partial charge in [0.15, 0.2) is 11.2 Å². The van der Waals surface area contributed by atoms with Gasteiger partial charge in [-0.25, -0.2) is 9.78 Å². The molecule has 0 aliphatic carbocycles. The van der Waals surface area contributed by atoms with Gasteiger partial charge < -0.3 is 9.47 Å². The number of likely N-dealkylation sites (tertiary alicyclic amines) is 1. The fraction of sp³-hybridized carbons (Fsp3) is 0.667. The van der Waals surface area contributed by atoms with Crippen LogP contribution in [0.15, 0.2) is 15.9 Å². The van der Waals surface area contributed by atoms with Crippen molar-refractivity contribution in [2.24, 2.45) is 25.9 Å². The molecule has 1 saturated heterocycles. The van der Waals surface area contributed by atoms with Crippen molar-refractivity contribution in [1.82, 2.24) is 23.6 Å². The summed E-state index contributed by atoms with van der Waals surface area (Å²) < 4.78 is 4.20. The first-order valence-corrected chi connectivity index (χ1v) is 9.18. The molecule has 1 amide bonds. The highest BCUT2D eigenvalue weighted by atomic mass is 16.2. The summed E-state index contributed by atoms with van der Waals surface area (Å²) in [5, 5.41) is 0. The first-order chi connectivity index (χ1) is 12.3. The van der Waals surface area contributed by atoms with Crippen LogP contribution in [0, 0.1) is 11.8 Å². The molecular formula is C18H27N5O3. The minimum atomic E-state index is -0.392. The van der Waals surface area contributed by atoms with Gasteiger partial charge in [-0.15, -0.1) is 0 Å². The average Bonchev–Trinajstić information content (AvgIpc) is 3.01. The predicted molar refractivity (Wildman–Crippen MR) is 99.0 cm³/mol. The molecule has 0 radical (unpaired) electrons. The molecule has 1 aliphatic rings. The number of aromatic nitrogens is 4. The van der Waals surface area contributed by atoms with E-state index in [-0.39, 0.29) is 11.5 Å². The van der Waals surface area contributed by atoms with Gasteiger partial charge in [0.25, 0.3) is 5.56 Å². The Hall–Kier alpha value is -2.38. The zero-order valence-corrected chi connectivity index (χ0v) is 15.9. The minimum Gasteiger partial charge on any atom is -0.342 e. The lowest BCUT2D eigenvalue weighted by Gasteiger charge is -2.35. The van der Waals surface area contributed by atoms with Gasteiger partial charge in [-0.05, 0) is 24.7 Å². The molecule has 0 aromatic carbocycles. The predicted octanol–water partition coefficient (Wildman–Crippen LogP) is 0.718. The molecule has 142 valence electrons. The van der Waals surface area contributed by atoms with Crippen LogP contribution < -0.4 is 11.2 Å². The smallest absolute Gasteiger partial charge is 0.332 e. The maximum Gasteiger partial charge on any atom is 0.332 e. The van der Waals surface area contributed by atoms with E-state index in [4.69, 9.17) is 0 Å². The zero-order chi connectivity index (χ0) is 19.0. The van der Waals surface area contributed by atoms with Crippen molar-refractivity contribution in [1.29, 1.82) is 0 Å². The molecule has 2 aromatic heterocycles. The molecule has 8 heteroatoms.